The van der Waals surface area contributed by atoms with Gasteiger partial charge in [0, 0.05) is 12.8 Å². The Kier molecular flexibility index (Phi) is 45.1. The normalized spacial score (nSPS) is 18.8. The van der Waals surface area contributed by atoms with Crippen LogP contribution in [0.25, 0.3) is 0 Å². The van der Waals surface area contributed by atoms with Crippen LogP contribution in [-0.4, -0.2) is 89.2 Å². The number of hydrogen-bond acceptors (Lipinski definition) is 11. The van der Waals surface area contributed by atoms with Crippen LogP contribution < -0.4 is 0 Å². The molecule has 418 valence electrons. The fraction of sp³-hybridized carbons (Fsp3) is 0.738. The second-order valence-corrected chi connectivity index (χ2v) is 19.6. The molecule has 6 atom stereocenters. The molecule has 0 bridgehead atoms. The molecule has 1 rings (SSSR count). The Morgan fingerprint density at radius 2 is 0.904 bits per heavy atom. The minimum Gasteiger partial charge on any atom is -0.479 e. The van der Waals surface area contributed by atoms with E-state index in [2.05, 4.69) is 75.5 Å². The van der Waals surface area contributed by atoms with Gasteiger partial charge in [0.05, 0.1) is 13.0 Å². The largest absolute Gasteiger partial charge is 0.479 e. The first-order chi connectivity index (χ1) is 35.6. The highest BCUT2D eigenvalue weighted by Gasteiger charge is 2.50. The molecule has 0 spiro atoms. The number of unbranched alkanes of at least 4 members (excludes halogenated alkanes) is 23. The zero-order chi connectivity index (χ0) is 53.3. The molecule has 0 amide bonds. The lowest BCUT2D eigenvalue weighted by molar-refractivity contribution is -0.301. The van der Waals surface area contributed by atoms with Crippen molar-refractivity contribution in [2.75, 3.05) is 13.2 Å². The van der Waals surface area contributed by atoms with Crippen LogP contribution in [0.3, 0.4) is 0 Å². The number of aliphatic hydroxyl groups excluding tert-OH is 2. The first kappa shape index (κ1) is 67.2. The van der Waals surface area contributed by atoms with Crippen molar-refractivity contribution in [3.05, 3.63) is 72.9 Å². The Bertz CT molecular complexity index is 1550. The molecule has 73 heavy (non-hydrogen) atoms. The number of hydrogen-bond donors (Lipinski definition) is 3. The van der Waals surface area contributed by atoms with Crippen LogP contribution in [0.15, 0.2) is 72.9 Å². The number of carbonyl (C=O) groups excluding carboxylic acids is 3. The molecule has 0 aromatic carbocycles. The summed E-state index contributed by atoms with van der Waals surface area (Å²) >= 11 is 0. The van der Waals surface area contributed by atoms with Crippen molar-refractivity contribution in [1.29, 1.82) is 0 Å². The zero-order valence-corrected chi connectivity index (χ0v) is 45.9. The monoisotopic (exact) mass is 1030 g/mol. The maximum atomic E-state index is 13.1. The number of esters is 3. The van der Waals surface area contributed by atoms with Crippen LogP contribution >= 0.6 is 0 Å². The maximum absolute atomic E-state index is 13.1. The second kappa shape index (κ2) is 49.1. The minimum atomic E-state index is -1.91. The molecular weight excluding hydrogens is 925 g/mol. The molecule has 0 aromatic rings. The molecule has 0 aromatic heterocycles. The lowest BCUT2D eigenvalue weighted by Crippen LogP contribution is -2.61. The fourth-order valence-corrected chi connectivity index (χ4v) is 8.38. The molecule has 6 unspecified atom stereocenters. The molecule has 0 aliphatic carbocycles. The van der Waals surface area contributed by atoms with Crippen LogP contribution in [-0.2, 0) is 42.9 Å². The van der Waals surface area contributed by atoms with E-state index in [1.807, 2.05) is 12.2 Å². The Balaban J connectivity index is 2.75. The Labute approximate surface area is 442 Å². The van der Waals surface area contributed by atoms with Crippen molar-refractivity contribution in [1.82, 2.24) is 0 Å². The fourth-order valence-electron chi connectivity index (χ4n) is 8.38. The van der Waals surface area contributed by atoms with E-state index in [4.69, 9.17) is 23.7 Å². The molecule has 1 aliphatic heterocycles. The van der Waals surface area contributed by atoms with Gasteiger partial charge in [-0.25, -0.2) is 4.79 Å². The lowest BCUT2D eigenvalue weighted by Gasteiger charge is -2.40. The number of ether oxygens (including phenoxy) is 5. The van der Waals surface area contributed by atoms with Gasteiger partial charge in [0.2, 0.25) is 0 Å². The predicted octanol–water partition coefficient (Wildman–Crippen LogP) is 14.6. The van der Waals surface area contributed by atoms with Gasteiger partial charge >= 0.3 is 23.9 Å². The number of rotatable bonds is 48. The Morgan fingerprint density at radius 1 is 0.479 bits per heavy atom. The van der Waals surface area contributed by atoms with E-state index >= 15 is 0 Å². The van der Waals surface area contributed by atoms with Gasteiger partial charge in [-0.15, -0.1) is 0 Å². The SMILES string of the molecule is CC/C=C\C/C=C\C/C=C\C/C=C\C/C=C\CC(=O)OCC(COC1OC(C(=O)O)C(O)C(O)C1OC(=O)CCCCCCCCCCCCCCCCC)OC(=O)CCCCCCC/C=C\CCCCCC. The van der Waals surface area contributed by atoms with Crippen molar-refractivity contribution >= 4 is 23.9 Å². The summed E-state index contributed by atoms with van der Waals surface area (Å²) < 4.78 is 28.3. The number of aliphatic hydroxyl groups is 2. The molecule has 1 saturated heterocycles. The number of carboxylic acids is 1. The highest BCUT2D eigenvalue weighted by atomic mass is 16.7. The van der Waals surface area contributed by atoms with Crippen molar-refractivity contribution in [3.63, 3.8) is 0 Å². The first-order valence-electron chi connectivity index (χ1n) is 28.9. The van der Waals surface area contributed by atoms with E-state index < -0.39 is 67.3 Å². The molecule has 1 aliphatic rings. The topological polar surface area (TPSA) is 175 Å². The van der Waals surface area contributed by atoms with Gasteiger partial charge in [-0.3, -0.25) is 14.4 Å². The van der Waals surface area contributed by atoms with Gasteiger partial charge in [-0.05, 0) is 70.6 Å². The third-order valence-electron chi connectivity index (χ3n) is 12.8. The zero-order valence-electron chi connectivity index (χ0n) is 45.9. The Hall–Kier alpha value is -3.84. The number of carboxylic acid groups (broad SMARTS) is 1. The molecule has 0 radical (unpaired) electrons. The maximum Gasteiger partial charge on any atom is 0.335 e. The van der Waals surface area contributed by atoms with E-state index in [9.17, 15) is 34.5 Å². The Morgan fingerprint density at radius 3 is 1.38 bits per heavy atom. The summed E-state index contributed by atoms with van der Waals surface area (Å²) in [5.41, 5.74) is 0. The standard InChI is InChI=1S/C61H102O12/c1-4-7-10-13-16-19-22-25-27-30-32-35-38-41-44-47-53(62)69-50-52(71-54(63)48-45-42-39-36-33-29-24-21-18-15-12-9-6-3)51-70-61-59(57(66)56(65)58(73-61)60(67)68)72-55(64)49-46-43-40-37-34-31-28-26-23-20-17-14-11-8-5-2/h7,10,16,19,21,24-25,27,32,35,41,44,52,56-59,61,65-66H,4-6,8-9,11-15,17-18,20,22-23,26,28-31,33-34,36-40,42-43,45-51H2,1-3H3,(H,67,68)/b10-7-,19-16-,24-21-,27-25-,35-32-,44-41-. The molecule has 12 nitrogen and oxygen atoms in total. The highest BCUT2D eigenvalue weighted by molar-refractivity contribution is 5.74. The summed E-state index contributed by atoms with van der Waals surface area (Å²) in [5.74, 6) is -3.29. The average molecular weight is 1030 g/mol. The number of carbonyl (C=O) groups is 4. The van der Waals surface area contributed by atoms with E-state index in [1.54, 1.807) is 6.08 Å². The van der Waals surface area contributed by atoms with Gasteiger partial charge in [0.15, 0.2) is 24.6 Å². The van der Waals surface area contributed by atoms with E-state index in [0.29, 0.717) is 19.3 Å². The van der Waals surface area contributed by atoms with Crippen molar-refractivity contribution < 1.29 is 58.2 Å². The quantitative estimate of drug-likeness (QED) is 0.0228. The van der Waals surface area contributed by atoms with E-state index in [1.165, 1.54) is 89.9 Å². The van der Waals surface area contributed by atoms with Gasteiger partial charge in [0.25, 0.3) is 0 Å². The third kappa shape index (κ3) is 39.3. The van der Waals surface area contributed by atoms with Crippen molar-refractivity contribution in [3.8, 4) is 0 Å². The van der Waals surface area contributed by atoms with Crippen LogP contribution in [0.4, 0.5) is 0 Å². The summed E-state index contributed by atoms with van der Waals surface area (Å²) in [6, 6.07) is 0. The lowest BCUT2D eigenvalue weighted by atomic mass is 9.98. The number of aliphatic carboxylic acids is 1. The molecule has 0 saturated carbocycles. The molecule has 1 heterocycles. The molecule has 12 heteroatoms. The molecule has 3 N–H and O–H groups in total. The van der Waals surface area contributed by atoms with Crippen LogP contribution in [0.5, 0.6) is 0 Å². The van der Waals surface area contributed by atoms with Gasteiger partial charge < -0.3 is 39.0 Å². The minimum absolute atomic E-state index is 0.0166. The third-order valence-corrected chi connectivity index (χ3v) is 12.8. The summed E-state index contributed by atoms with van der Waals surface area (Å²) in [6.07, 6.45) is 49.0. The van der Waals surface area contributed by atoms with Gasteiger partial charge in [-0.2, -0.15) is 0 Å². The average Bonchev–Trinajstić information content (AvgIpc) is 3.37. The van der Waals surface area contributed by atoms with E-state index in [-0.39, 0.29) is 25.9 Å². The summed E-state index contributed by atoms with van der Waals surface area (Å²) in [5, 5.41) is 31.4. The molecule has 1 fully saturated rings. The smallest absolute Gasteiger partial charge is 0.335 e. The summed E-state index contributed by atoms with van der Waals surface area (Å²) in [6.45, 7) is 5.77. The van der Waals surface area contributed by atoms with Crippen LogP contribution in [0.1, 0.15) is 239 Å². The second-order valence-electron chi connectivity index (χ2n) is 19.6. The molecular formula is C61H102O12. The predicted molar refractivity (Wildman–Crippen MR) is 294 cm³/mol. The van der Waals surface area contributed by atoms with Gasteiger partial charge in [-0.1, -0.05) is 222 Å². The summed E-state index contributed by atoms with van der Waals surface area (Å²) in [4.78, 5) is 51.0. The number of allylic oxidation sites excluding steroid dienone is 11. The van der Waals surface area contributed by atoms with Gasteiger partial charge in [0.1, 0.15) is 18.8 Å². The highest BCUT2D eigenvalue weighted by Crippen LogP contribution is 2.26. The van der Waals surface area contributed by atoms with Crippen molar-refractivity contribution in [2.24, 2.45) is 0 Å². The van der Waals surface area contributed by atoms with E-state index in [0.717, 1.165) is 89.9 Å². The van der Waals surface area contributed by atoms with Crippen LogP contribution in [0, 0.1) is 0 Å². The van der Waals surface area contributed by atoms with Crippen molar-refractivity contribution in [2.45, 2.75) is 276 Å². The van der Waals surface area contributed by atoms with Crippen LogP contribution in [0.2, 0.25) is 0 Å². The summed E-state index contributed by atoms with van der Waals surface area (Å²) in [7, 11) is 0. The first-order valence-corrected chi connectivity index (χ1v) is 28.9.